The van der Waals surface area contributed by atoms with Crippen molar-refractivity contribution in [3.05, 3.63) is 12.7 Å². The van der Waals surface area contributed by atoms with Gasteiger partial charge in [0.2, 0.25) is 0 Å². The molecule has 0 saturated carbocycles. The molecule has 1 fully saturated rings. The van der Waals surface area contributed by atoms with E-state index in [-0.39, 0.29) is 34.5 Å². The third kappa shape index (κ3) is 8.30. The number of rotatable bonds is 12. The van der Waals surface area contributed by atoms with Crippen molar-refractivity contribution in [3.8, 4) is 0 Å². The molecule has 1 aliphatic heterocycles. The number of thioether (sulfide) groups is 1. The van der Waals surface area contributed by atoms with Crippen molar-refractivity contribution >= 4 is 70.8 Å². The zero-order valence-corrected chi connectivity index (χ0v) is 26.7. The smallest absolute Gasteiger partial charge is 0.406 e. The minimum absolute atomic E-state index is 0.0770. The van der Waals surface area contributed by atoms with Crippen LogP contribution in [0.2, 0.25) is 0 Å². The average molecular weight is 658 g/mol. The topological polar surface area (TPSA) is 190 Å². The van der Waals surface area contributed by atoms with Crippen LogP contribution in [0.15, 0.2) is 12.7 Å². The summed E-state index contributed by atoms with van der Waals surface area (Å²) in [7, 11) is -4.23. The molecule has 18 heteroatoms. The summed E-state index contributed by atoms with van der Waals surface area (Å²) in [6.07, 6.45) is -1.76. The Bertz CT molecular complexity index is 1290. The standard InChI is InChI=1S/C23H35Cl2N6O8PS/c1-12(2)38-19(33)13(3)30-40(35,36-7-8-41-21(34)22(4,5)6)37-9-14-16(32)23(24,25)20(39-14)31-11-29-15-17(26)27-10-28-18(15)31/h10-14,16,20,32H,7-9H2,1-6H3,(H,30,35)(H2,26,27,28)/t13-,14+,16+,20+,40?/m0/s1. The molecule has 0 amide bonds. The summed E-state index contributed by atoms with van der Waals surface area (Å²) in [6, 6.07) is -1.09. The SMILES string of the molecule is CC(C)OC(=O)[C@H](C)NP(=O)(OCCSC(=O)C(C)(C)C)OC[C@H]1O[C@@H](n2cnc3c(N)ncnc32)C(Cl)(Cl)[C@@H]1O. The van der Waals surface area contributed by atoms with E-state index in [2.05, 4.69) is 20.0 Å². The van der Waals surface area contributed by atoms with Crippen LogP contribution in [0, 0.1) is 5.41 Å². The molecule has 2 aromatic heterocycles. The summed E-state index contributed by atoms with van der Waals surface area (Å²) in [5, 5.41) is 13.4. The van der Waals surface area contributed by atoms with E-state index in [1.807, 2.05) is 0 Å². The number of carbonyl (C=O) groups is 2. The molecule has 5 atom stereocenters. The molecule has 41 heavy (non-hydrogen) atoms. The number of nitrogens with one attached hydrogen (secondary N) is 1. The Morgan fingerprint density at radius 1 is 1.27 bits per heavy atom. The highest BCUT2D eigenvalue weighted by Gasteiger charge is 2.56. The number of aliphatic hydroxyl groups is 1. The first-order valence-corrected chi connectivity index (χ1v) is 15.9. The molecule has 230 valence electrons. The second-order valence-electron chi connectivity index (χ2n) is 10.6. The number of esters is 1. The molecule has 3 heterocycles. The van der Waals surface area contributed by atoms with Crippen LogP contribution >= 0.6 is 42.7 Å². The second kappa shape index (κ2) is 13.4. The van der Waals surface area contributed by atoms with E-state index in [1.165, 1.54) is 24.1 Å². The lowest BCUT2D eigenvalue weighted by Crippen LogP contribution is -2.39. The minimum Gasteiger partial charge on any atom is -0.462 e. The molecule has 0 spiro atoms. The minimum atomic E-state index is -4.23. The number of nitrogens with zero attached hydrogens (tertiary/aromatic N) is 4. The highest BCUT2D eigenvalue weighted by Crippen LogP contribution is 2.50. The molecular weight excluding hydrogens is 622 g/mol. The maximum Gasteiger partial charge on any atom is 0.406 e. The van der Waals surface area contributed by atoms with Gasteiger partial charge in [0.1, 0.15) is 30.1 Å². The molecule has 1 aliphatic rings. The zero-order chi connectivity index (χ0) is 30.8. The molecule has 4 N–H and O–H groups in total. The Kier molecular flexibility index (Phi) is 11.1. The Morgan fingerprint density at radius 2 is 1.95 bits per heavy atom. The summed E-state index contributed by atoms with van der Waals surface area (Å²) in [5.41, 5.74) is 5.82. The zero-order valence-electron chi connectivity index (χ0n) is 23.4. The summed E-state index contributed by atoms with van der Waals surface area (Å²) >= 11 is 14.0. The first-order chi connectivity index (χ1) is 19.0. The monoisotopic (exact) mass is 656 g/mol. The van der Waals surface area contributed by atoms with Crippen LogP contribution in [-0.4, -0.2) is 83.4 Å². The number of hydrogen-bond donors (Lipinski definition) is 3. The number of nitrogen functional groups attached to an aromatic ring is 1. The van der Waals surface area contributed by atoms with Crippen molar-refractivity contribution in [3.63, 3.8) is 0 Å². The highest BCUT2D eigenvalue weighted by molar-refractivity contribution is 8.13. The van der Waals surface area contributed by atoms with E-state index in [0.29, 0.717) is 0 Å². The van der Waals surface area contributed by atoms with E-state index in [4.69, 9.17) is 47.5 Å². The van der Waals surface area contributed by atoms with Gasteiger partial charge in [0, 0.05) is 11.2 Å². The number of carbonyl (C=O) groups excluding carboxylic acids is 2. The number of anilines is 1. The normalized spacial score (nSPS) is 23.0. The van der Waals surface area contributed by atoms with Crippen LogP contribution < -0.4 is 10.8 Å². The fraction of sp³-hybridized carbons (Fsp3) is 0.696. The van der Waals surface area contributed by atoms with Gasteiger partial charge in [-0.05, 0) is 20.8 Å². The Labute approximate surface area is 251 Å². The average Bonchev–Trinajstić information content (AvgIpc) is 3.38. The van der Waals surface area contributed by atoms with Gasteiger partial charge in [-0.1, -0.05) is 55.7 Å². The van der Waals surface area contributed by atoms with Crippen LogP contribution in [0.4, 0.5) is 5.82 Å². The van der Waals surface area contributed by atoms with E-state index in [9.17, 15) is 19.3 Å². The lowest BCUT2D eigenvalue weighted by Gasteiger charge is -2.25. The summed E-state index contributed by atoms with van der Waals surface area (Å²) < 4.78 is 35.4. The van der Waals surface area contributed by atoms with E-state index < -0.39 is 60.7 Å². The lowest BCUT2D eigenvalue weighted by atomic mass is 10.00. The van der Waals surface area contributed by atoms with Crippen molar-refractivity contribution in [1.82, 2.24) is 24.6 Å². The Balaban J connectivity index is 1.74. The summed E-state index contributed by atoms with van der Waals surface area (Å²) in [5.74, 6) is -0.388. The number of hydrogen-bond acceptors (Lipinski definition) is 13. The molecule has 14 nitrogen and oxygen atoms in total. The van der Waals surface area contributed by atoms with Gasteiger partial charge >= 0.3 is 13.7 Å². The quantitative estimate of drug-likeness (QED) is 0.131. The molecule has 0 aromatic carbocycles. The predicted molar refractivity (Wildman–Crippen MR) is 154 cm³/mol. The number of ether oxygens (including phenoxy) is 2. The van der Waals surface area contributed by atoms with Crippen molar-refractivity contribution in [2.45, 2.75) is 76.5 Å². The second-order valence-corrected chi connectivity index (χ2v) is 14.9. The molecular formula is C23H35Cl2N6O8PS. The molecule has 1 saturated heterocycles. The maximum absolute atomic E-state index is 13.7. The number of aromatic nitrogens is 4. The van der Waals surface area contributed by atoms with E-state index >= 15 is 0 Å². The first kappa shape index (κ1) is 33.9. The van der Waals surface area contributed by atoms with Crippen LogP contribution in [0.3, 0.4) is 0 Å². The van der Waals surface area contributed by atoms with Crippen molar-refractivity contribution in [2.24, 2.45) is 5.41 Å². The predicted octanol–water partition coefficient (Wildman–Crippen LogP) is 3.22. The van der Waals surface area contributed by atoms with Crippen LogP contribution in [-0.2, 0) is 32.7 Å². The molecule has 0 bridgehead atoms. The molecule has 3 rings (SSSR count). The molecule has 0 aliphatic carbocycles. The van der Waals surface area contributed by atoms with E-state index in [1.54, 1.807) is 34.6 Å². The van der Waals surface area contributed by atoms with Crippen LogP contribution in [0.1, 0.15) is 47.8 Å². The van der Waals surface area contributed by atoms with Gasteiger partial charge in [-0.3, -0.25) is 23.2 Å². The number of halogens is 2. The van der Waals surface area contributed by atoms with Crippen LogP contribution in [0.5, 0.6) is 0 Å². The molecule has 1 unspecified atom stereocenters. The third-order valence-corrected chi connectivity index (χ3v) is 9.46. The Morgan fingerprint density at radius 3 is 2.59 bits per heavy atom. The van der Waals surface area contributed by atoms with Gasteiger partial charge in [-0.25, -0.2) is 24.6 Å². The largest absolute Gasteiger partial charge is 0.462 e. The van der Waals surface area contributed by atoms with Gasteiger partial charge in [0.15, 0.2) is 27.1 Å². The van der Waals surface area contributed by atoms with Crippen molar-refractivity contribution < 1.29 is 37.8 Å². The highest BCUT2D eigenvalue weighted by atomic mass is 35.5. The van der Waals surface area contributed by atoms with Crippen molar-refractivity contribution in [2.75, 3.05) is 24.7 Å². The number of imidazole rings is 1. The van der Waals surface area contributed by atoms with Crippen LogP contribution in [0.25, 0.3) is 11.2 Å². The lowest BCUT2D eigenvalue weighted by molar-refractivity contribution is -0.149. The van der Waals surface area contributed by atoms with Gasteiger partial charge in [-0.15, -0.1) is 0 Å². The summed E-state index contributed by atoms with van der Waals surface area (Å²) in [6.45, 7) is 9.45. The van der Waals surface area contributed by atoms with Gasteiger partial charge < -0.3 is 20.3 Å². The Hall–Kier alpha value is -1.55. The molecule has 2 aromatic rings. The maximum atomic E-state index is 13.7. The van der Waals surface area contributed by atoms with Gasteiger partial charge in [-0.2, -0.15) is 0 Å². The van der Waals surface area contributed by atoms with Gasteiger partial charge in [0.25, 0.3) is 0 Å². The fourth-order valence-corrected chi connectivity index (χ4v) is 6.54. The molecule has 0 radical (unpaired) electrons. The number of aliphatic hydroxyl groups excluding tert-OH is 1. The number of fused-ring (bicyclic) bond motifs is 1. The van der Waals surface area contributed by atoms with Crippen molar-refractivity contribution in [1.29, 1.82) is 0 Å². The third-order valence-electron chi connectivity index (χ3n) is 5.68. The fourth-order valence-electron chi connectivity index (χ4n) is 3.56. The van der Waals surface area contributed by atoms with Gasteiger partial charge in [0.05, 0.1) is 25.6 Å². The number of nitrogens with two attached hydrogens (primary N) is 1. The van der Waals surface area contributed by atoms with E-state index in [0.717, 1.165) is 11.8 Å². The number of alkyl halides is 2. The summed E-state index contributed by atoms with van der Waals surface area (Å²) in [4.78, 5) is 36.8. The first-order valence-electron chi connectivity index (χ1n) is 12.6.